The number of amides is 1. The molecule has 1 aliphatic carbocycles. The van der Waals surface area contributed by atoms with Crippen molar-refractivity contribution in [1.29, 1.82) is 0 Å². The molecule has 0 atom stereocenters. The van der Waals surface area contributed by atoms with Gasteiger partial charge in [-0.05, 0) is 59.1 Å². The van der Waals surface area contributed by atoms with E-state index in [4.69, 9.17) is 5.21 Å². The summed E-state index contributed by atoms with van der Waals surface area (Å²) in [5, 5.41) is 8.71. The van der Waals surface area contributed by atoms with Crippen molar-refractivity contribution in [3.8, 4) is 0 Å². The molecule has 0 bridgehead atoms. The number of carbonyl (C=O) groups excluding carboxylic acids is 2. The Morgan fingerprint density at radius 2 is 1.41 bits per heavy atom. The first-order chi connectivity index (χ1) is 12.6. The molecule has 0 unspecified atom stereocenters. The third kappa shape index (κ3) is 3.58. The Morgan fingerprint density at radius 3 is 1.93 bits per heavy atom. The Balaban J connectivity index is 2.05. The molecule has 0 radical (unpaired) electrons. The van der Waals surface area contributed by atoms with Crippen LogP contribution in [-0.2, 0) is 10.8 Å². The minimum absolute atomic E-state index is 0.0175. The fourth-order valence-electron chi connectivity index (χ4n) is 3.75. The van der Waals surface area contributed by atoms with Crippen molar-refractivity contribution in [2.45, 2.75) is 51.4 Å². The quantitative estimate of drug-likeness (QED) is 0.402. The Hall–Kier alpha value is -1.98. The van der Waals surface area contributed by atoms with Crippen molar-refractivity contribution in [2.75, 3.05) is 0 Å². The molecule has 0 spiro atoms. The molecule has 0 saturated carbocycles. The summed E-state index contributed by atoms with van der Waals surface area (Å²) in [5.74, 6) is -0.701. The van der Waals surface area contributed by atoms with Gasteiger partial charge in [0.25, 0.3) is 5.91 Å². The van der Waals surface area contributed by atoms with Crippen molar-refractivity contribution in [1.82, 2.24) is 5.48 Å². The number of nitrogens with one attached hydrogen (secondary N) is 1. The zero-order valence-corrected chi connectivity index (χ0v) is 17.6. The normalized spacial score (nSPS) is 17.1. The van der Waals surface area contributed by atoms with Crippen molar-refractivity contribution in [3.05, 3.63) is 68.7 Å². The van der Waals surface area contributed by atoms with Crippen molar-refractivity contribution in [2.24, 2.45) is 0 Å². The standard InChI is InChI=1S/C22H24BrNO3/c1-21(2)9-10-22(3,4)17-12-18(23)15(11-16(17)21)19(25)13-5-7-14(8-6-13)20(26)24-27/h5-8,11-12,27H,9-10H2,1-4H3,(H,24,26). The summed E-state index contributed by atoms with van der Waals surface area (Å²) in [6, 6.07) is 10.4. The zero-order valence-electron chi connectivity index (χ0n) is 16.0. The average molecular weight is 430 g/mol. The van der Waals surface area contributed by atoms with Crippen LogP contribution < -0.4 is 5.48 Å². The summed E-state index contributed by atoms with van der Waals surface area (Å²) in [5.41, 5.74) is 5.61. The fourth-order valence-corrected chi connectivity index (χ4v) is 4.28. The number of hydroxylamine groups is 1. The minimum Gasteiger partial charge on any atom is -0.289 e. The van der Waals surface area contributed by atoms with Crippen LogP contribution >= 0.6 is 15.9 Å². The number of hydrogen-bond acceptors (Lipinski definition) is 3. The average Bonchev–Trinajstić information content (AvgIpc) is 2.64. The van der Waals surface area contributed by atoms with Gasteiger partial charge in [0, 0.05) is 21.2 Å². The molecule has 1 amide bonds. The molecule has 27 heavy (non-hydrogen) atoms. The predicted octanol–water partition coefficient (Wildman–Crippen LogP) is 5.15. The number of carbonyl (C=O) groups is 2. The maximum atomic E-state index is 13.1. The van der Waals surface area contributed by atoms with E-state index in [1.165, 1.54) is 23.3 Å². The lowest BCUT2D eigenvalue weighted by Gasteiger charge is -2.42. The number of hydrogen-bond donors (Lipinski definition) is 2. The van der Waals surface area contributed by atoms with E-state index in [0.29, 0.717) is 16.7 Å². The monoisotopic (exact) mass is 429 g/mol. The lowest BCUT2D eigenvalue weighted by molar-refractivity contribution is 0.0706. The molecule has 0 aliphatic heterocycles. The molecule has 2 aromatic carbocycles. The van der Waals surface area contributed by atoms with Crippen LogP contribution in [0.25, 0.3) is 0 Å². The molecule has 4 nitrogen and oxygen atoms in total. The minimum atomic E-state index is -0.604. The van der Waals surface area contributed by atoms with Crippen LogP contribution in [0.1, 0.15) is 77.9 Å². The molecule has 2 N–H and O–H groups in total. The van der Waals surface area contributed by atoms with Crippen LogP contribution in [0.5, 0.6) is 0 Å². The highest BCUT2D eigenvalue weighted by atomic mass is 79.9. The largest absolute Gasteiger partial charge is 0.289 e. The number of ketones is 1. The first kappa shape index (κ1) is 19.8. The topological polar surface area (TPSA) is 66.4 Å². The summed E-state index contributed by atoms with van der Waals surface area (Å²) < 4.78 is 0.786. The lowest BCUT2D eigenvalue weighted by Crippen LogP contribution is -2.34. The van der Waals surface area contributed by atoms with Gasteiger partial charge in [-0.25, -0.2) is 5.48 Å². The molecule has 142 valence electrons. The summed E-state index contributed by atoms with van der Waals surface area (Å²) in [6.07, 6.45) is 2.19. The molecule has 0 heterocycles. The maximum absolute atomic E-state index is 13.1. The lowest BCUT2D eigenvalue weighted by atomic mass is 9.63. The van der Waals surface area contributed by atoms with Crippen LogP contribution in [0, 0.1) is 0 Å². The van der Waals surface area contributed by atoms with E-state index >= 15 is 0 Å². The molecule has 3 rings (SSSR count). The van der Waals surface area contributed by atoms with Crippen molar-refractivity contribution >= 4 is 27.6 Å². The molecule has 0 fully saturated rings. The summed E-state index contributed by atoms with van der Waals surface area (Å²) >= 11 is 3.59. The van der Waals surface area contributed by atoms with Crippen molar-refractivity contribution in [3.63, 3.8) is 0 Å². The number of fused-ring (bicyclic) bond motifs is 1. The fraction of sp³-hybridized carbons (Fsp3) is 0.364. The molecule has 1 aliphatic rings. The van der Waals surface area contributed by atoms with Gasteiger partial charge in [0.1, 0.15) is 0 Å². The van der Waals surface area contributed by atoms with E-state index in [0.717, 1.165) is 17.3 Å². The third-order valence-corrected chi connectivity index (χ3v) is 6.35. The van der Waals surface area contributed by atoms with E-state index in [-0.39, 0.29) is 16.6 Å². The molecular weight excluding hydrogens is 406 g/mol. The Labute approximate surface area is 168 Å². The Morgan fingerprint density at radius 1 is 0.926 bits per heavy atom. The van der Waals surface area contributed by atoms with Gasteiger partial charge in [0.05, 0.1) is 0 Å². The second kappa shape index (κ2) is 6.88. The van der Waals surface area contributed by atoms with E-state index in [2.05, 4.69) is 49.7 Å². The van der Waals surface area contributed by atoms with Gasteiger partial charge in [-0.1, -0.05) is 55.8 Å². The molecule has 0 saturated heterocycles. The number of benzene rings is 2. The van der Waals surface area contributed by atoms with Gasteiger partial charge in [-0.3, -0.25) is 14.8 Å². The van der Waals surface area contributed by atoms with Gasteiger partial charge < -0.3 is 0 Å². The highest BCUT2D eigenvalue weighted by Gasteiger charge is 2.38. The Kier molecular flexibility index (Phi) is 5.04. The van der Waals surface area contributed by atoms with Gasteiger partial charge in [0.2, 0.25) is 0 Å². The van der Waals surface area contributed by atoms with E-state index < -0.39 is 5.91 Å². The van der Waals surface area contributed by atoms with Gasteiger partial charge in [-0.2, -0.15) is 0 Å². The van der Waals surface area contributed by atoms with Crippen LogP contribution in [0.15, 0.2) is 40.9 Å². The number of halogens is 1. The first-order valence-corrected chi connectivity index (χ1v) is 9.80. The third-order valence-electron chi connectivity index (χ3n) is 5.70. The summed E-state index contributed by atoms with van der Waals surface area (Å²) in [6.45, 7) is 8.96. The second-order valence-corrected chi connectivity index (χ2v) is 9.35. The maximum Gasteiger partial charge on any atom is 0.274 e. The van der Waals surface area contributed by atoms with Crippen molar-refractivity contribution < 1.29 is 14.8 Å². The van der Waals surface area contributed by atoms with Crippen LogP contribution in [0.2, 0.25) is 0 Å². The smallest absolute Gasteiger partial charge is 0.274 e. The number of rotatable bonds is 3. The second-order valence-electron chi connectivity index (χ2n) is 8.49. The van der Waals surface area contributed by atoms with E-state index in [1.807, 2.05) is 6.07 Å². The molecular formula is C22H24BrNO3. The Bertz CT molecular complexity index is 914. The molecule has 5 heteroatoms. The summed E-state index contributed by atoms with van der Waals surface area (Å²) in [7, 11) is 0. The highest BCUT2D eigenvalue weighted by Crippen LogP contribution is 2.47. The van der Waals surface area contributed by atoms with Gasteiger partial charge in [-0.15, -0.1) is 0 Å². The van der Waals surface area contributed by atoms with Crippen LogP contribution in [0.3, 0.4) is 0 Å². The summed E-state index contributed by atoms with van der Waals surface area (Å²) in [4.78, 5) is 24.6. The van der Waals surface area contributed by atoms with E-state index in [9.17, 15) is 9.59 Å². The predicted molar refractivity (Wildman–Crippen MR) is 109 cm³/mol. The van der Waals surface area contributed by atoms with Crippen LogP contribution in [-0.4, -0.2) is 16.9 Å². The van der Waals surface area contributed by atoms with Gasteiger partial charge in [0.15, 0.2) is 5.78 Å². The molecule has 2 aromatic rings. The molecule has 0 aromatic heterocycles. The van der Waals surface area contributed by atoms with Crippen LogP contribution in [0.4, 0.5) is 0 Å². The van der Waals surface area contributed by atoms with E-state index in [1.54, 1.807) is 17.6 Å². The zero-order chi connectivity index (χ0) is 20.0. The SMILES string of the molecule is CC1(C)CCC(C)(C)c2cc(C(=O)c3ccc(C(=O)NO)cc3)c(Br)cc21. The van der Waals surface area contributed by atoms with Gasteiger partial charge >= 0.3 is 0 Å². The first-order valence-electron chi connectivity index (χ1n) is 9.00. The highest BCUT2D eigenvalue weighted by molar-refractivity contribution is 9.10.